The van der Waals surface area contributed by atoms with Crippen molar-refractivity contribution in [3.8, 4) is 0 Å². The molecule has 0 aromatic rings. The zero-order chi connectivity index (χ0) is 33.3. The molecule has 0 bridgehead atoms. The number of rotatable bonds is 13. The molecule has 1 unspecified atom stereocenters. The molecular formula is C34H53NO10S. The lowest BCUT2D eigenvalue weighted by Gasteiger charge is -2.66. The van der Waals surface area contributed by atoms with Crippen molar-refractivity contribution in [3.63, 3.8) is 0 Å². The smallest absolute Gasteiger partial charge is 0.305 e. The quantitative estimate of drug-likeness (QED) is 0.162. The lowest BCUT2D eigenvalue weighted by molar-refractivity contribution is -0.234. The first-order valence-corrected chi connectivity index (χ1v) is 19.0. The molecule has 260 valence electrons. The van der Waals surface area contributed by atoms with E-state index in [0.29, 0.717) is 77.1 Å². The number of ether oxygens (including phenoxy) is 4. The first kappa shape index (κ1) is 35.1. The Morgan fingerprint density at radius 1 is 0.935 bits per heavy atom. The maximum Gasteiger partial charge on any atom is 0.305 e. The van der Waals surface area contributed by atoms with Crippen LogP contribution in [0.3, 0.4) is 0 Å². The zero-order valence-electron chi connectivity index (χ0n) is 27.9. The van der Waals surface area contributed by atoms with Gasteiger partial charge in [0, 0.05) is 37.4 Å². The number of hydrogen-bond acceptors (Lipinski definition) is 11. The van der Waals surface area contributed by atoms with E-state index >= 15 is 0 Å². The summed E-state index contributed by atoms with van der Waals surface area (Å²) in [5, 5.41) is 0. The van der Waals surface area contributed by atoms with E-state index in [-0.39, 0.29) is 82.3 Å². The van der Waals surface area contributed by atoms with E-state index in [0.717, 1.165) is 25.7 Å². The van der Waals surface area contributed by atoms with Crippen LogP contribution in [-0.2, 0) is 48.0 Å². The highest BCUT2D eigenvalue weighted by atomic mass is 32.2. The number of fused-ring (bicyclic) bond motifs is 5. The van der Waals surface area contributed by atoms with Crippen molar-refractivity contribution >= 4 is 35.2 Å². The van der Waals surface area contributed by atoms with Crippen molar-refractivity contribution in [2.75, 3.05) is 37.7 Å². The van der Waals surface area contributed by atoms with E-state index in [9.17, 15) is 27.6 Å². The zero-order valence-corrected chi connectivity index (χ0v) is 28.7. The van der Waals surface area contributed by atoms with E-state index in [4.69, 9.17) is 18.9 Å². The Hall–Kier alpha value is -2.21. The Morgan fingerprint density at radius 2 is 1.63 bits per heavy atom. The van der Waals surface area contributed by atoms with Gasteiger partial charge < -0.3 is 18.9 Å². The molecule has 11 nitrogen and oxygen atoms in total. The molecule has 1 aliphatic heterocycles. The summed E-state index contributed by atoms with van der Waals surface area (Å²) >= 11 is 0. The van der Waals surface area contributed by atoms with Crippen molar-refractivity contribution < 1.29 is 46.5 Å². The highest BCUT2D eigenvalue weighted by Gasteiger charge is 2.69. The highest BCUT2D eigenvalue weighted by molar-refractivity contribution is 7.91. The maximum atomic E-state index is 12.7. The molecule has 4 saturated carbocycles. The van der Waals surface area contributed by atoms with Gasteiger partial charge >= 0.3 is 5.97 Å². The van der Waals surface area contributed by atoms with Crippen LogP contribution in [0, 0.1) is 45.8 Å². The average Bonchev–Trinajstić information content (AvgIpc) is 3.37. The molecule has 5 rings (SSSR count). The van der Waals surface area contributed by atoms with Crippen LogP contribution in [0.5, 0.6) is 0 Å². The summed E-state index contributed by atoms with van der Waals surface area (Å²) in [6.45, 7) is 12.4. The lowest BCUT2D eigenvalue weighted by Crippen LogP contribution is -2.65. The molecule has 0 aromatic heterocycles. The van der Waals surface area contributed by atoms with Gasteiger partial charge in [-0.1, -0.05) is 27.7 Å². The molecule has 12 heteroatoms. The van der Waals surface area contributed by atoms with Gasteiger partial charge in [-0.2, -0.15) is 0 Å². The number of nitrogens with zero attached hydrogens (tertiary/aromatic N) is 1. The normalized spacial score (nSPS) is 42.3. The predicted molar refractivity (Wildman–Crippen MR) is 168 cm³/mol. The summed E-state index contributed by atoms with van der Waals surface area (Å²) in [6, 6.07) is 0. The van der Waals surface area contributed by atoms with Gasteiger partial charge in [-0.3, -0.25) is 24.1 Å². The largest absolute Gasteiger partial charge is 0.465 e. The van der Waals surface area contributed by atoms with Gasteiger partial charge in [0.2, 0.25) is 0 Å². The monoisotopic (exact) mass is 667 g/mol. The topological polar surface area (TPSA) is 143 Å². The van der Waals surface area contributed by atoms with Crippen LogP contribution in [0.1, 0.15) is 85.5 Å². The van der Waals surface area contributed by atoms with Crippen molar-refractivity contribution in [1.29, 1.82) is 0 Å². The molecule has 4 aliphatic carbocycles. The third kappa shape index (κ3) is 6.71. The number of sulfone groups is 1. The molecule has 46 heavy (non-hydrogen) atoms. The molecule has 5 aliphatic rings. The van der Waals surface area contributed by atoms with Gasteiger partial charge in [-0.25, -0.2) is 8.42 Å². The Morgan fingerprint density at radius 3 is 2.30 bits per heavy atom. The Bertz CT molecular complexity index is 1230. The fourth-order valence-electron chi connectivity index (χ4n) is 10.7. The predicted octanol–water partition coefficient (Wildman–Crippen LogP) is 3.57. The van der Waals surface area contributed by atoms with Gasteiger partial charge in [0.1, 0.15) is 24.9 Å². The van der Waals surface area contributed by atoms with Gasteiger partial charge in [0.25, 0.3) is 19.4 Å². The van der Waals surface area contributed by atoms with Crippen molar-refractivity contribution in [3.05, 3.63) is 0 Å². The van der Waals surface area contributed by atoms with Crippen LogP contribution in [0.4, 0.5) is 0 Å². The van der Waals surface area contributed by atoms with Gasteiger partial charge in [-0.05, 0) is 85.9 Å². The summed E-state index contributed by atoms with van der Waals surface area (Å²) < 4.78 is 46.1. The standard InChI is InChI=1S/C34H53NO10S/c1-23(5-6-30(39)42-12-9-35-10-13-46(40,41)14-11-35)24-15-26-31-27(16-29(45-22-38)33(26,3)17-24)34(4)8-7-25(43-20-36)18-32(34,2)19-28(31)44-21-37/h20-29,31H,5-19H2,1-4H3/t23-,24+,25-,26+,27?,28-,29+,31+,32+,33-,34-/m0/s1. The second-order valence-corrected chi connectivity index (χ2v) is 18.0. The minimum atomic E-state index is -2.94. The second kappa shape index (κ2) is 13.7. The molecule has 11 atom stereocenters. The van der Waals surface area contributed by atoms with Crippen LogP contribution in [-0.4, -0.2) is 94.8 Å². The third-order valence-corrected chi connectivity index (χ3v) is 15.2. The SMILES string of the molecule is C[C@@H](CCC(=O)OCCN1CCS(=O)(=O)CC1)[C@@H]1C[C@@H]2[C@@H]3C(C[C@@H](OC=O)[C@@]2(C)C1)[C@]1(C)CC[C@H](OC=O)C[C@]1(C)C[C@@H]3OC=O. The molecule has 0 aromatic carbocycles. The van der Waals surface area contributed by atoms with Crippen molar-refractivity contribution in [2.45, 2.75) is 104 Å². The fraction of sp³-hybridized carbons (Fsp3) is 0.882. The molecule has 0 amide bonds. The molecule has 5 fully saturated rings. The fourth-order valence-corrected chi connectivity index (χ4v) is 11.9. The van der Waals surface area contributed by atoms with E-state index in [2.05, 4.69) is 27.7 Å². The summed E-state index contributed by atoms with van der Waals surface area (Å²) in [7, 11) is -2.94. The van der Waals surface area contributed by atoms with Crippen LogP contribution >= 0.6 is 0 Å². The minimum Gasteiger partial charge on any atom is -0.465 e. The van der Waals surface area contributed by atoms with Gasteiger partial charge in [0.15, 0.2) is 9.84 Å². The van der Waals surface area contributed by atoms with E-state index in [1.165, 1.54) is 0 Å². The highest BCUT2D eigenvalue weighted by Crippen LogP contribution is 2.71. The Kier molecular flexibility index (Phi) is 10.5. The molecule has 0 spiro atoms. The molecular weight excluding hydrogens is 614 g/mol. The lowest BCUT2D eigenvalue weighted by atomic mass is 9.39. The first-order chi connectivity index (χ1) is 21.8. The molecule has 0 radical (unpaired) electrons. The van der Waals surface area contributed by atoms with Crippen molar-refractivity contribution in [1.82, 2.24) is 4.90 Å². The Labute approximate surface area is 273 Å². The molecule has 1 heterocycles. The van der Waals surface area contributed by atoms with Gasteiger partial charge in [0.05, 0.1) is 11.5 Å². The minimum absolute atomic E-state index is 0.106. The molecule has 0 N–H and O–H groups in total. The number of esters is 1. The molecule has 1 saturated heterocycles. The third-order valence-electron chi connectivity index (χ3n) is 13.6. The van der Waals surface area contributed by atoms with Gasteiger partial charge in [-0.15, -0.1) is 0 Å². The first-order valence-electron chi connectivity index (χ1n) is 17.1. The average molecular weight is 668 g/mol. The van der Waals surface area contributed by atoms with E-state index < -0.39 is 9.84 Å². The number of carbonyl (C=O) groups excluding carboxylic acids is 4. The summed E-state index contributed by atoms with van der Waals surface area (Å²) in [4.78, 5) is 49.6. The van der Waals surface area contributed by atoms with Crippen LogP contribution < -0.4 is 0 Å². The maximum absolute atomic E-state index is 12.7. The second-order valence-electron chi connectivity index (χ2n) is 15.7. The summed E-state index contributed by atoms with van der Waals surface area (Å²) in [6.07, 6.45) is 5.85. The summed E-state index contributed by atoms with van der Waals surface area (Å²) in [5.41, 5.74) is -0.606. The van der Waals surface area contributed by atoms with E-state index in [1.807, 2.05) is 4.90 Å². The summed E-state index contributed by atoms with van der Waals surface area (Å²) in [5.74, 6) is 1.07. The van der Waals surface area contributed by atoms with Crippen molar-refractivity contribution in [2.24, 2.45) is 45.8 Å². The number of carbonyl (C=O) groups is 4. The van der Waals surface area contributed by atoms with Crippen LogP contribution in [0.25, 0.3) is 0 Å². The Balaban J connectivity index is 1.26. The number of hydrogen-bond donors (Lipinski definition) is 0. The van der Waals surface area contributed by atoms with E-state index in [1.54, 1.807) is 0 Å². The van der Waals surface area contributed by atoms with Crippen LogP contribution in [0.15, 0.2) is 0 Å². The van der Waals surface area contributed by atoms with Crippen LogP contribution in [0.2, 0.25) is 0 Å².